The first kappa shape index (κ1) is 18.7. The SMILES string of the molecule is Cc1ccc(/C=C2\N=C(N/N=C/[C@H](O)[C@@H](O)[C@H](O)CO)NC2=O)cc1. The van der Waals surface area contributed by atoms with Gasteiger partial charge in [-0.05, 0) is 18.6 Å². The summed E-state index contributed by atoms with van der Waals surface area (Å²) >= 11 is 0. The normalized spacial score (nSPS) is 19.6. The number of hydrogen-bond acceptors (Lipinski definition) is 8. The lowest BCUT2D eigenvalue weighted by molar-refractivity contribution is -0.115. The Morgan fingerprint density at radius 1 is 1.28 bits per heavy atom. The van der Waals surface area contributed by atoms with Crippen LogP contribution in [0.4, 0.5) is 0 Å². The Balaban J connectivity index is 1.98. The maximum absolute atomic E-state index is 11.9. The van der Waals surface area contributed by atoms with Crippen LogP contribution >= 0.6 is 0 Å². The van der Waals surface area contributed by atoms with Crippen molar-refractivity contribution in [3.8, 4) is 0 Å². The summed E-state index contributed by atoms with van der Waals surface area (Å²) in [6.07, 6.45) is -2.06. The molecule has 1 amide bonds. The van der Waals surface area contributed by atoms with Crippen molar-refractivity contribution in [2.75, 3.05) is 6.61 Å². The highest BCUT2D eigenvalue weighted by atomic mass is 16.4. The van der Waals surface area contributed by atoms with E-state index < -0.39 is 30.8 Å². The Kier molecular flexibility index (Phi) is 6.37. The summed E-state index contributed by atoms with van der Waals surface area (Å²) in [4.78, 5) is 15.9. The number of carbonyl (C=O) groups is 1. The molecule has 0 saturated heterocycles. The number of aliphatic hydroxyl groups is 4. The second kappa shape index (κ2) is 8.49. The van der Waals surface area contributed by atoms with Crippen LogP contribution in [0.5, 0.6) is 0 Å². The highest BCUT2D eigenvalue weighted by Crippen LogP contribution is 2.12. The maximum atomic E-state index is 11.9. The Morgan fingerprint density at radius 2 is 1.96 bits per heavy atom. The van der Waals surface area contributed by atoms with E-state index in [4.69, 9.17) is 5.11 Å². The van der Waals surface area contributed by atoms with Gasteiger partial charge < -0.3 is 20.4 Å². The van der Waals surface area contributed by atoms with Crippen LogP contribution in [0, 0.1) is 6.92 Å². The number of rotatable bonds is 6. The van der Waals surface area contributed by atoms with Crippen LogP contribution < -0.4 is 10.7 Å². The Morgan fingerprint density at radius 3 is 2.60 bits per heavy atom. The average molecular weight is 348 g/mol. The van der Waals surface area contributed by atoms with E-state index in [9.17, 15) is 20.1 Å². The van der Waals surface area contributed by atoms with Gasteiger partial charge in [-0.25, -0.2) is 10.4 Å². The second-order valence-electron chi connectivity index (χ2n) is 5.48. The molecular formula is C16H20N4O5. The number of benzene rings is 1. The lowest BCUT2D eigenvalue weighted by atomic mass is 10.1. The van der Waals surface area contributed by atoms with Crippen molar-refractivity contribution in [2.45, 2.75) is 25.2 Å². The number of carbonyl (C=O) groups excluding carboxylic acids is 1. The highest BCUT2D eigenvalue weighted by molar-refractivity contribution is 6.13. The molecule has 6 N–H and O–H groups in total. The topological polar surface area (TPSA) is 147 Å². The predicted molar refractivity (Wildman–Crippen MR) is 91.5 cm³/mol. The van der Waals surface area contributed by atoms with Gasteiger partial charge >= 0.3 is 0 Å². The molecule has 134 valence electrons. The first-order valence-electron chi connectivity index (χ1n) is 7.53. The van der Waals surface area contributed by atoms with Crippen LogP contribution in [0.1, 0.15) is 11.1 Å². The van der Waals surface area contributed by atoms with Crippen LogP contribution in [0.3, 0.4) is 0 Å². The van der Waals surface area contributed by atoms with Gasteiger partial charge in [0.1, 0.15) is 24.0 Å². The largest absolute Gasteiger partial charge is 0.394 e. The van der Waals surface area contributed by atoms with Gasteiger partial charge in [-0.2, -0.15) is 5.10 Å². The minimum absolute atomic E-state index is 0.0593. The smallest absolute Gasteiger partial charge is 0.276 e. The van der Waals surface area contributed by atoms with Crippen molar-refractivity contribution < 1.29 is 25.2 Å². The Bertz CT molecular complexity index is 699. The number of nitrogens with one attached hydrogen (secondary N) is 2. The molecule has 0 unspecified atom stereocenters. The van der Waals surface area contributed by atoms with E-state index in [1.54, 1.807) is 6.08 Å². The number of aryl methyl sites for hydroxylation is 1. The molecule has 0 bridgehead atoms. The zero-order valence-corrected chi connectivity index (χ0v) is 13.5. The summed E-state index contributed by atoms with van der Waals surface area (Å²) < 4.78 is 0. The van der Waals surface area contributed by atoms with E-state index in [0.717, 1.165) is 17.3 Å². The van der Waals surface area contributed by atoms with Crippen molar-refractivity contribution in [1.29, 1.82) is 0 Å². The van der Waals surface area contributed by atoms with Crippen LogP contribution in [-0.2, 0) is 4.79 Å². The number of guanidine groups is 1. The first-order chi connectivity index (χ1) is 11.9. The molecule has 25 heavy (non-hydrogen) atoms. The fourth-order valence-electron chi connectivity index (χ4n) is 1.94. The van der Waals surface area contributed by atoms with Crippen LogP contribution in [-0.4, -0.2) is 63.4 Å². The molecule has 9 nitrogen and oxygen atoms in total. The molecule has 9 heteroatoms. The number of aliphatic imine (C=N–C) groups is 1. The predicted octanol–water partition coefficient (Wildman–Crippen LogP) is -1.53. The summed E-state index contributed by atoms with van der Waals surface area (Å²) in [6, 6.07) is 7.55. The molecule has 3 atom stereocenters. The Labute approximate surface area is 144 Å². The quantitative estimate of drug-likeness (QED) is 0.209. The van der Waals surface area contributed by atoms with Gasteiger partial charge in [0.2, 0.25) is 5.96 Å². The number of hydrogen-bond donors (Lipinski definition) is 6. The van der Waals surface area contributed by atoms with Crippen molar-refractivity contribution in [2.24, 2.45) is 10.1 Å². The molecule has 1 heterocycles. The van der Waals surface area contributed by atoms with Crippen LogP contribution in [0.15, 0.2) is 40.1 Å². The molecule has 1 aromatic rings. The van der Waals surface area contributed by atoms with Gasteiger partial charge in [-0.1, -0.05) is 29.8 Å². The lowest BCUT2D eigenvalue weighted by Gasteiger charge is -2.17. The number of amides is 1. The molecule has 1 aliphatic rings. The van der Waals surface area contributed by atoms with Gasteiger partial charge in [0.25, 0.3) is 5.91 Å². The molecule has 0 aliphatic carbocycles. The third-order valence-electron chi connectivity index (χ3n) is 3.41. The van der Waals surface area contributed by atoms with Gasteiger partial charge in [0.05, 0.1) is 12.8 Å². The first-order valence-corrected chi connectivity index (χ1v) is 7.53. The van der Waals surface area contributed by atoms with Crippen LogP contribution in [0.25, 0.3) is 6.08 Å². The molecule has 0 saturated carbocycles. The number of nitrogens with zero attached hydrogens (tertiary/aromatic N) is 2. The molecule has 0 radical (unpaired) electrons. The average Bonchev–Trinajstić information content (AvgIpc) is 2.94. The zero-order valence-electron chi connectivity index (χ0n) is 13.5. The van der Waals surface area contributed by atoms with E-state index in [0.29, 0.717) is 0 Å². The molecule has 0 aromatic heterocycles. The molecule has 0 spiro atoms. The minimum atomic E-state index is -1.59. The fourth-order valence-corrected chi connectivity index (χ4v) is 1.94. The van der Waals surface area contributed by atoms with Gasteiger partial charge in [-0.3, -0.25) is 10.1 Å². The standard InChI is InChI=1S/C16H20N4O5/c1-9-2-4-10(5-3-9)6-11-15(25)19-16(18-11)20-17-7-12(22)14(24)13(23)8-21/h2-7,12-14,21-24H,8H2,1H3,(H2,18,19,20,25)/b11-6-,17-7+/t12-,13+,14+/m0/s1. The monoisotopic (exact) mass is 348 g/mol. The van der Waals surface area contributed by atoms with E-state index in [1.165, 1.54) is 0 Å². The number of aliphatic hydroxyl groups excluding tert-OH is 4. The van der Waals surface area contributed by atoms with Crippen molar-refractivity contribution >= 4 is 24.2 Å². The van der Waals surface area contributed by atoms with Gasteiger partial charge in [0.15, 0.2) is 0 Å². The number of hydrazone groups is 1. The second-order valence-corrected chi connectivity index (χ2v) is 5.48. The maximum Gasteiger partial charge on any atom is 0.276 e. The van der Waals surface area contributed by atoms with Gasteiger partial charge in [0, 0.05) is 0 Å². The minimum Gasteiger partial charge on any atom is -0.394 e. The van der Waals surface area contributed by atoms with E-state index in [1.807, 2.05) is 31.2 Å². The summed E-state index contributed by atoms with van der Waals surface area (Å²) in [5, 5.41) is 43.0. The van der Waals surface area contributed by atoms with E-state index in [-0.39, 0.29) is 11.7 Å². The summed E-state index contributed by atoms with van der Waals surface area (Å²) in [7, 11) is 0. The van der Waals surface area contributed by atoms with Crippen molar-refractivity contribution in [1.82, 2.24) is 10.7 Å². The van der Waals surface area contributed by atoms with E-state index >= 15 is 0 Å². The summed E-state index contributed by atoms with van der Waals surface area (Å²) in [5.74, 6) is -0.349. The summed E-state index contributed by atoms with van der Waals surface area (Å²) in [6.45, 7) is 1.26. The molecular weight excluding hydrogens is 328 g/mol. The zero-order chi connectivity index (χ0) is 18.4. The lowest BCUT2D eigenvalue weighted by Crippen LogP contribution is -2.41. The van der Waals surface area contributed by atoms with Crippen LogP contribution in [0.2, 0.25) is 0 Å². The van der Waals surface area contributed by atoms with Gasteiger partial charge in [-0.15, -0.1) is 0 Å². The van der Waals surface area contributed by atoms with E-state index in [2.05, 4.69) is 20.8 Å². The van der Waals surface area contributed by atoms with Crippen molar-refractivity contribution in [3.05, 3.63) is 41.1 Å². The summed E-state index contributed by atoms with van der Waals surface area (Å²) in [5.41, 5.74) is 4.53. The third-order valence-corrected chi connectivity index (χ3v) is 3.41. The third kappa shape index (κ3) is 5.19. The molecule has 1 aliphatic heterocycles. The molecule has 2 rings (SSSR count). The Hall–Kier alpha value is -2.59. The fraction of sp³-hybridized carbons (Fsp3) is 0.312. The molecule has 1 aromatic carbocycles. The highest BCUT2D eigenvalue weighted by Gasteiger charge is 2.23. The molecule has 0 fully saturated rings. The van der Waals surface area contributed by atoms with Crippen molar-refractivity contribution in [3.63, 3.8) is 0 Å².